The number of hydrogen-bond donors (Lipinski definition) is 2. The minimum atomic E-state index is 1.13. The molecule has 1 aliphatic heterocycles. The molecule has 0 aliphatic carbocycles. The average Bonchev–Trinajstić information content (AvgIpc) is 2.65. The van der Waals surface area contributed by atoms with Crippen molar-refractivity contribution in [3.05, 3.63) is 65.2 Å². The summed E-state index contributed by atoms with van der Waals surface area (Å²) < 4.78 is 0. The zero-order valence-electron chi connectivity index (χ0n) is 15.0. The molecule has 0 atom stereocenters. The monoisotopic (exact) mass is 342 g/mol. The average molecular weight is 343 g/mol. The van der Waals surface area contributed by atoms with Crippen LogP contribution in [-0.2, 0) is 19.5 Å². The predicted molar refractivity (Wildman–Crippen MR) is 103 cm³/mol. The van der Waals surface area contributed by atoms with E-state index in [0.717, 1.165) is 6.42 Å². The van der Waals surface area contributed by atoms with Crippen LogP contribution in [0.2, 0.25) is 0 Å². The summed E-state index contributed by atoms with van der Waals surface area (Å²) in [5.74, 6) is 0. The Balaban J connectivity index is 1.46. The van der Waals surface area contributed by atoms with Crippen molar-refractivity contribution in [1.82, 2.24) is 0 Å². The zero-order valence-corrected chi connectivity index (χ0v) is 15.8. The summed E-state index contributed by atoms with van der Waals surface area (Å²) >= 11 is 1.82. The molecule has 0 saturated carbocycles. The van der Waals surface area contributed by atoms with Gasteiger partial charge in [0.15, 0.2) is 0 Å². The molecule has 1 aliphatic rings. The summed E-state index contributed by atoms with van der Waals surface area (Å²) in [5, 5.41) is 0. The molecule has 1 saturated heterocycles. The van der Waals surface area contributed by atoms with Crippen molar-refractivity contribution >= 4 is 11.8 Å². The fraction of sp³-hybridized carbons (Fsp3) is 0.429. The van der Waals surface area contributed by atoms with Gasteiger partial charge in [-0.15, -0.1) is 11.8 Å². The third kappa shape index (κ3) is 4.85. The van der Waals surface area contributed by atoms with Crippen molar-refractivity contribution in [2.24, 2.45) is 0 Å². The highest BCUT2D eigenvalue weighted by atomic mass is 32.2. The van der Waals surface area contributed by atoms with Crippen molar-refractivity contribution in [1.29, 1.82) is 0 Å². The molecule has 2 N–H and O–H groups in total. The Morgan fingerprint density at radius 3 is 1.54 bits per heavy atom. The Morgan fingerprint density at radius 2 is 1.12 bits per heavy atom. The van der Waals surface area contributed by atoms with E-state index in [9.17, 15) is 0 Å². The molecule has 3 rings (SSSR count). The number of hydrogen-bond acceptors (Lipinski definition) is 1. The SMILES string of the molecule is CCc1ccc(C[NH+]2CC[NH+](Cc3ccc(SC)cc3)CC2)cc1. The fourth-order valence-electron chi connectivity index (χ4n) is 3.52. The molecule has 24 heavy (non-hydrogen) atoms. The molecular formula is C21H30N2S+2. The second kappa shape index (κ2) is 8.70. The Morgan fingerprint density at radius 1 is 0.708 bits per heavy atom. The topological polar surface area (TPSA) is 8.88 Å². The lowest BCUT2D eigenvalue weighted by molar-refractivity contribution is -1.02. The standard InChI is InChI=1S/C21H28N2S/c1-3-18-4-6-19(7-5-18)16-22-12-14-23(15-13-22)17-20-8-10-21(24-2)11-9-20/h4-11H,3,12-17H2,1-2H3/p+2. The van der Waals surface area contributed by atoms with E-state index in [1.807, 2.05) is 11.8 Å². The Hall–Kier alpha value is -1.29. The maximum absolute atomic E-state index is 2.32. The maximum Gasteiger partial charge on any atom is 0.127 e. The molecule has 0 amide bonds. The summed E-state index contributed by atoms with van der Waals surface area (Å²) in [6, 6.07) is 18.3. The van der Waals surface area contributed by atoms with Gasteiger partial charge in [-0.1, -0.05) is 43.3 Å². The van der Waals surface area contributed by atoms with E-state index < -0.39 is 0 Å². The minimum Gasteiger partial charge on any atom is -0.322 e. The highest BCUT2D eigenvalue weighted by Gasteiger charge is 2.23. The van der Waals surface area contributed by atoms with Crippen molar-refractivity contribution in [2.75, 3.05) is 32.4 Å². The first-order valence-electron chi connectivity index (χ1n) is 9.14. The Labute approximate surface area is 150 Å². The van der Waals surface area contributed by atoms with Gasteiger partial charge in [0.1, 0.15) is 39.3 Å². The van der Waals surface area contributed by atoms with E-state index in [-0.39, 0.29) is 0 Å². The van der Waals surface area contributed by atoms with Gasteiger partial charge < -0.3 is 9.80 Å². The third-order valence-electron chi connectivity index (χ3n) is 5.16. The van der Waals surface area contributed by atoms with Crippen LogP contribution in [0.15, 0.2) is 53.4 Å². The summed E-state index contributed by atoms with van der Waals surface area (Å²) in [6.45, 7) is 9.71. The summed E-state index contributed by atoms with van der Waals surface area (Å²) in [7, 11) is 0. The van der Waals surface area contributed by atoms with E-state index >= 15 is 0 Å². The normalized spacial score (nSPS) is 20.9. The molecule has 0 bridgehead atoms. The van der Waals surface area contributed by atoms with Crippen molar-refractivity contribution in [3.63, 3.8) is 0 Å². The quantitative estimate of drug-likeness (QED) is 0.756. The lowest BCUT2D eigenvalue weighted by Crippen LogP contribution is -3.27. The predicted octanol–water partition coefficient (Wildman–Crippen LogP) is 1.45. The molecule has 3 heteroatoms. The van der Waals surface area contributed by atoms with Gasteiger partial charge in [0.05, 0.1) is 0 Å². The van der Waals surface area contributed by atoms with Gasteiger partial charge >= 0.3 is 0 Å². The molecular weight excluding hydrogens is 312 g/mol. The molecule has 1 fully saturated rings. The molecule has 2 aromatic rings. The van der Waals surface area contributed by atoms with Crippen LogP contribution in [0.4, 0.5) is 0 Å². The van der Waals surface area contributed by atoms with Gasteiger partial charge in [0.2, 0.25) is 0 Å². The zero-order chi connectivity index (χ0) is 16.8. The number of aryl methyl sites for hydroxylation is 1. The Bertz CT molecular complexity index is 556. The van der Waals surface area contributed by atoms with Crippen LogP contribution >= 0.6 is 11.8 Å². The number of rotatable bonds is 6. The van der Waals surface area contributed by atoms with Gasteiger partial charge in [-0.25, -0.2) is 0 Å². The molecule has 2 aromatic carbocycles. The van der Waals surface area contributed by atoms with Crippen molar-refractivity contribution < 1.29 is 9.80 Å². The van der Waals surface area contributed by atoms with Gasteiger partial charge in [-0.2, -0.15) is 0 Å². The number of quaternary nitrogens is 2. The second-order valence-electron chi connectivity index (χ2n) is 6.87. The van der Waals surface area contributed by atoms with Gasteiger partial charge in [0, 0.05) is 16.0 Å². The lowest BCUT2D eigenvalue weighted by Gasteiger charge is -2.29. The van der Waals surface area contributed by atoms with Gasteiger partial charge in [-0.3, -0.25) is 0 Å². The summed E-state index contributed by atoms with van der Waals surface area (Å²) in [5.41, 5.74) is 4.40. The first kappa shape index (κ1) is 17.5. The number of piperazine rings is 1. The smallest absolute Gasteiger partial charge is 0.127 e. The van der Waals surface area contributed by atoms with Crippen LogP contribution in [0.3, 0.4) is 0 Å². The largest absolute Gasteiger partial charge is 0.322 e. The summed E-state index contributed by atoms with van der Waals surface area (Å²) in [6.07, 6.45) is 3.27. The van der Waals surface area contributed by atoms with Gasteiger partial charge in [0.25, 0.3) is 0 Å². The second-order valence-corrected chi connectivity index (χ2v) is 7.75. The van der Waals surface area contributed by atoms with Crippen LogP contribution in [0.1, 0.15) is 23.6 Å². The molecule has 0 radical (unpaired) electrons. The van der Waals surface area contributed by atoms with E-state index in [2.05, 4.69) is 61.7 Å². The first-order chi connectivity index (χ1) is 11.8. The summed E-state index contributed by atoms with van der Waals surface area (Å²) in [4.78, 5) is 4.83. The van der Waals surface area contributed by atoms with Crippen molar-refractivity contribution in [3.8, 4) is 0 Å². The van der Waals surface area contributed by atoms with E-state index in [1.165, 1.54) is 60.9 Å². The van der Waals surface area contributed by atoms with Crippen LogP contribution in [0.25, 0.3) is 0 Å². The van der Waals surface area contributed by atoms with Crippen LogP contribution in [0.5, 0.6) is 0 Å². The van der Waals surface area contributed by atoms with Crippen molar-refractivity contribution in [2.45, 2.75) is 31.3 Å². The van der Waals surface area contributed by atoms with E-state index in [4.69, 9.17) is 0 Å². The Kier molecular flexibility index (Phi) is 6.36. The number of thioether (sulfide) groups is 1. The number of benzene rings is 2. The van der Waals surface area contributed by atoms with Crippen LogP contribution in [-0.4, -0.2) is 32.4 Å². The van der Waals surface area contributed by atoms with E-state index in [0.29, 0.717) is 0 Å². The first-order valence-corrected chi connectivity index (χ1v) is 10.4. The lowest BCUT2D eigenvalue weighted by atomic mass is 10.1. The minimum absolute atomic E-state index is 1.13. The van der Waals surface area contributed by atoms with Crippen LogP contribution < -0.4 is 9.80 Å². The maximum atomic E-state index is 2.32. The molecule has 128 valence electrons. The molecule has 0 spiro atoms. The highest BCUT2D eigenvalue weighted by Crippen LogP contribution is 2.14. The van der Waals surface area contributed by atoms with Gasteiger partial charge in [-0.05, 0) is 30.4 Å². The molecule has 0 aromatic heterocycles. The number of nitrogens with one attached hydrogen (secondary N) is 2. The highest BCUT2D eigenvalue weighted by molar-refractivity contribution is 7.98. The third-order valence-corrected chi connectivity index (χ3v) is 5.91. The van der Waals surface area contributed by atoms with E-state index in [1.54, 1.807) is 9.80 Å². The fourth-order valence-corrected chi connectivity index (χ4v) is 3.93. The molecule has 0 unspecified atom stereocenters. The van der Waals surface area contributed by atoms with Crippen LogP contribution in [0, 0.1) is 0 Å². The molecule has 1 heterocycles. The molecule has 2 nitrogen and oxygen atoms in total.